The van der Waals surface area contributed by atoms with Gasteiger partial charge in [0.2, 0.25) is 5.78 Å². The van der Waals surface area contributed by atoms with Gasteiger partial charge in [-0.2, -0.15) is 0 Å². The van der Waals surface area contributed by atoms with Crippen LogP contribution < -0.4 is 14.4 Å². The fourth-order valence-electron chi connectivity index (χ4n) is 3.42. The molecule has 27 heavy (non-hydrogen) atoms. The molecule has 2 N–H and O–H groups in total. The summed E-state index contributed by atoms with van der Waals surface area (Å²) in [5, 5.41) is 0. The molecule has 2 atom stereocenters. The summed E-state index contributed by atoms with van der Waals surface area (Å²) < 4.78 is 10.7. The van der Waals surface area contributed by atoms with Crippen LogP contribution >= 0.6 is 0 Å². The van der Waals surface area contributed by atoms with Crippen molar-refractivity contribution in [1.82, 2.24) is 4.98 Å². The number of benzene rings is 1. The van der Waals surface area contributed by atoms with Gasteiger partial charge in [-0.3, -0.25) is 9.59 Å². The Bertz CT molecular complexity index is 854. The van der Waals surface area contributed by atoms with Gasteiger partial charge in [0.05, 0.1) is 27.0 Å². The van der Waals surface area contributed by atoms with Crippen LogP contribution in [0.15, 0.2) is 18.2 Å². The molecule has 1 aromatic heterocycles. The molecule has 2 rings (SSSR count). The number of aryl methyl sites for hydroxylation is 1. The second kappa shape index (κ2) is 8.39. The lowest BCUT2D eigenvalue weighted by molar-refractivity contribution is -0.907. The first-order valence-electron chi connectivity index (χ1n) is 8.98. The van der Waals surface area contributed by atoms with Crippen LogP contribution in [0.2, 0.25) is 0 Å². The number of hydrogen-bond donors (Lipinski definition) is 2. The molecule has 6 heteroatoms. The van der Waals surface area contributed by atoms with E-state index in [1.807, 2.05) is 46.0 Å². The molecule has 146 valence electrons. The van der Waals surface area contributed by atoms with Gasteiger partial charge in [0.1, 0.15) is 18.0 Å². The maximum Gasteiger partial charge on any atom is 0.235 e. The molecule has 1 unspecified atom stereocenters. The number of methoxy groups -OCH3 is 2. The van der Waals surface area contributed by atoms with Gasteiger partial charge in [0, 0.05) is 22.9 Å². The smallest absolute Gasteiger partial charge is 0.235 e. The Labute approximate surface area is 160 Å². The van der Waals surface area contributed by atoms with Gasteiger partial charge in [-0.25, -0.2) is 0 Å². The molecule has 6 nitrogen and oxygen atoms in total. The largest absolute Gasteiger partial charge is 0.497 e. The van der Waals surface area contributed by atoms with Crippen molar-refractivity contribution in [3.05, 3.63) is 46.3 Å². The lowest BCUT2D eigenvalue weighted by atomic mass is 10.0. The monoisotopic (exact) mass is 373 g/mol. The number of aromatic amines is 1. The van der Waals surface area contributed by atoms with Crippen molar-refractivity contribution in [2.75, 3.05) is 21.3 Å². The van der Waals surface area contributed by atoms with E-state index in [0.29, 0.717) is 17.8 Å². The number of H-pyrrole nitrogens is 1. The van der Waals surface area contributed by atoms with E-state index in [1.165, 1.54) is 6.92 Å². The summed E-state index contributed by atoms with van der Waals surface area (Å²) in [4.78, 5) is 29.0. The third-order valence-electron chi connectivity index (χ3n) is 5.13. The molecular weight excluding hydrogens is 344 g/mol. The third kappa shape index (κ3) is 4.22. The topological polar surface area (TPSA) is 72.8 Å². The number of quaternary nitrogens is 1. The number of ketones is 2. The summed E-state index contributed by atoms with van der Waals surface area (Å²) in [6.45, 7) is 7.69. The predicted octanol–water partition coefficient (Wildman–Crippen LogP) is 2.14. The molecule has 1 heterocycles. The third-order valence-corrected chi connectivity index (χ3v) is 5.13. The molecule has 0 spiro atoms. The highest BCUT2D eigenvalue weighted by molar-refractivity contribution is 6.04. The molecule has 2 aromatic rings. The van der Waals surface area contributed by atoms with E-state index in [1.54, 1.807) is 14.2 Å². The van der Waals surface area contributed by atoms with Crippen molar-refractivity contribution in [3.63, 3.8) is 0 Å². The lowest BCUT2D eigenvalue weighted by Crippen LogP contribution is -3.12. The highest BCUT2D eigenvalue weighted by Crippen LogP contribution is 2.24. The molecule has 0 amide bonds. The molecule has 0 radical (unpaired) electrons. The minimum absolute atomic E-state index is 0.00641. The fraction of sp³-hybridized carbons (Fsp3) is 0.429. The lowest BCUT2D eigenvalue weighted by Gasteiger charge is -2.22. The first-order valence-corrected chi connectivity index (χ1v) is 8.98. The minimum atomic E-state index is -0.284. The maximum atomic E-state index is 13.0. The van der Waals surface area contributed by atoms with E-state index < -0.39 is 0 Å². The molecule has 0 aliphatic rings. The van der Waals surface area contributed by atoms with Gasteiger partial charge in [0.25, 0.3) is 0 Å². The summed E-state index contributed by atoms with van der Waals surface area (Å²) in [6.07, 6.45) is 0. The van der Waals surface area contributed by atoms with Gasteiger partial charge in [-0.05, 0) is 45.4 Å². The summed E-state index contributed by atoms with van der Waals surface area (Å²) in [5.41, 5.74) is 3.60. The second-order valence-corrected chi connectivity index (χ2v) is 6.97. The molecule has 0 saturated heterocycles. The van der Waals surface area contributed by atoms with Gasteiger partial charge >= 0.3 is 0 Å². The zero-order valence-electron chi connectivity index (χ0n) is 17.1. The number of rotatable bonds is 8. The van der Waals surface area contributed by atoms with Crippen molar-refractivity contribution < 1.29 is 24.0 Å². The number of hydrogen-bond acceptors (Lipinski definition) is 4. The summed E-state index contributed by atoms with van der Waals surface area (Å²) in [6, 6.07) is 5.39. The van der Waals surface area contributed by atoms with Gasteiger partial charge in [-0.15, -0.1) is 0 Å². The maximum absolute atomic E-state index is 13.0. The molecule has 0 aliphatic heterocycles. The van der Waals surface area contributed by atoms with E-state index in [4.69, 9.17) is 9.47 Å². The molecular formula is C21H29N2O4+. The Morgan fingerprint density at radius 3 is 2.37 bits per heavy atom. The van der Waals surface area contributed by atoms with Crippen molar-refractivity contribution >= 4 is 11.6 Å². The quantitative estimate of drug-likeness (QED) is 0.696. The van der Waals surface area contributed by atoms with Crippen LogP contribution in [0.5, 0.6) is 11.5 Å². The average molecular weight is 373 g/mol. The van der Waals surface area contributed by atoms with Crippen molar-refractivity contribution in [3.8, 4) is 11.5 Å². The van der Waals surface area contributed by atoms with Gasteiger partial charge in [0.15, 0.2) is 11.8 Å². The van der Waals surface area contributed by atoms with Crippen LogP contribution in [0, 0.1) is 13.8 Å². The molecule has 0 bridgehead atoms. The van der Waals surface area contributed by atoms with Crippen LogP contribution in [0.3, 0.4) is 0 Å². The summed E-state index contributed by atoms with van der Waals surface area (Å²) >= 11 is 0. The number of ether oxygens (including phenoxy) is 2. The number of Topliss-reactive ketones (excluding diaryl/α,β-unsaturated/α-hetero) is 2. The SMILES string of the molecule is COc1ccc(C[NH+](C)[C@H](C)C(=O)c2[nH]c(C)c(C(C)=O)c2C)c(OC)c1. The highest BCUT2D eigenvalue weighted by Gasteiger charge is 2.29. The second-order valence-electron chi connectivity index (χ2n) is 6.97. The van der Waals surface area contributed by atoms with E-state index in [0.717, 1.165) is 33.2 Å². The highest BCUT2D eigenvalue weighted by atomic mass is 16.5. The van der Waals surface area contributed by atoms with Crippen LogP contribution in [-0.2, 0) is 6.54 Å². The van der Waals surface area contributed by atoms with E-state index in [2.05, 4.69) is 4.98 Å². The van der Waals surface area contributed by atoms with Crippen LogP contribution in [0.4, 0.5) is 0 Å². The Kier molecular flexibility index (Phi) is 6.44. The van der Waals surface area contributed by atoms with Crippen molar-refractivity contribution in [1.29, 1.82) is 0 Å². The Balaban J connectivity index is 2.23. The van der Waals surface area contributed by atoms with Crippen LogP contribution in [0.25, 0.3) is 0 Å². The first kappa shape index (κ1) is 20.7. The number of carbonyl (C=O) groups is 2. The number of nitrogens with one attached hydrogen (secondary N) is 2. The van der Waals surface area contributed by atoms with Crippen LogP contribution in [0.1, 0.15) is 51.5 Å². The standard InChI is InChI=1S/C21H28N2O4/c1-12-19(15(4)24)13(2)22-20(12)21(25)14(3)23(5)11-16-8-9-17(26-6)10-18(16)27-7/h8-10,14,22H,11H2,1-7H3/p+1/t14-/m1/s1. The Hall–Kier alpha value is -2.60. The fourth-order valence-corrected chi connectivity index (χ4v) is 3.42. The van der Waals surface area contributed by atoms with Crippen molar-refractivity contribution in [2.45, 2.75) is 40.3 Å². The molecule has 0 aliphatic carbocycles. The van der Waals surface area contributed by atoms with E-state index in [9.17, 15) is 9.59 Å². The summed E-state index contributed by atoms with van der Waals surface area (Å²) in [5.74, 6) is 1.43. The zero-order valence-corrected chi connectivity index (χ0v) is 17.1. The Morgan fingerprint density at radius 1 is 1.19 bits per heavy atom. The molecule has 0 saturated carbocycles. The van der Waals surface area contributed by atoms with E-state index >= 15 is 0 Å². The normalized spacial score (nSPS) is 13.1. The number of likely N-dealkylation sites (N-methyl/N-ethyl adjacent to an activating group) is 1. The zero-order chi connectivity index (χ0) is 20.3. The minimum Gasteiger partial charge on any atom is -0.497 e. The number of carbonyl (C=O) groups excluding carboxylic acids is 2. The van der Waals surface area contributed by atoms with Gasteiger partial charge in [-0.1, -0.05) is 0 Å². The molecule has 1 aromatic carbocycles. The number of aromatic nitrogens is 1. The molecule has 0 fully saturated rings. The Morgan fingerprint density at radius 2 is 1.85 bits per heavy atom. The first-order chi connectivity index (χ1) is 12.7. The van der Waals surface area contributed by atoms with Gasteiger partial charge < -0.3 is 19.4 Å². The van der Waals surface area contributed by atoms with E-state index in [-0.39, 0.29) is 17.6 Å². The average Bonchev–Trinajstić information content (AvgIpc) is 2.94. The van der Waals surface area contributed by atoms with Crippen LogP contribution in [-0.4, -0.2) is 43.9 Å². The predicted molar refractivity (Wildman–Crippen MR) is 104 cm³/mol. The summed E-state index contributed by atoms with van der Waals surface area (Å²) in [7, 11) is 5.21. The van der Waals surface area contributed by atoms with Crippen molar-refractivity contribution in [2.24, 2.45) is 0 Å².